The number of methoxy groups -OCH3 is 1. The lowest BCUT2D eigenvalue weighted by Gasteiger charge is -2.39. The van der Waals surface area contributed by atoms with Gasteiger partial charge in [-0.05, 0) is 58.6 Å². The van der Waals surface area contributed by atoms with E-state index in [0.29, 0.717) is 18.4 Å². The smallest absolute Gasteiger partial charge is 0.407 e. The average Bonchev–Trinajstić information content (AvgIpc) is 3.07. The molecule has 2 aliphatic rings. The van der Waals surface area contributed by atoms with Gasteiger partial charge in [-0.1, -0.05) is 17.7 Å². The Balaban J connectivity index is 1.58. The molecule has 0 aliphatic carbocycles. The molecular formula is C26H28ClFN4O4. The number of hydrogen-bond acceptors (Lipinski definition) is 6. The first-order valence-corrected chi connectivity index (χ1v) is 12.1. The number of ether oxygens (including phenoxy) is 2. The van der Waals surface area contributed by atoms with Crippen LogP contribution < -0.4 is 10.1 Å². The van der Waals surface area contributed by atoms with Crippen molar-refractivity contribution in [2.24, 2.45) is 0 Å². The van der Waals surface area contributed by atoms with E-state index in [1.165, 1.54) is 25.3 Å². The number of alkyl carbamates (subject to hydrolysis) is 1. The van der Waals surface area contributed by atoms with Crippen LogP contribution in [0.1, 0.15) is 62.5 Å². The fourth-order valence-electron chi connectivity index (χ4n) is 4.94. The van der Waals surface area contributed by atoms with Gasteiger partial charge in [-0.2, -0.15) is 5.26 Å². The quantitative estimate of drug-likeness (QED) is 0.610. The monoisotopic (exact) mass is 514 g/mol. The van der Waals surface area contributed by atoms with Crippen molar-refractivity contribution in [1.29, 1.82) is 5.26 Å². The van der Waals surface area contributed by atoms with E-state index in [0.717, 1.165) is 18.9 Å². The van der Waals surface area contributed by atoms with Gasteiger partial charge in [0.05, 0.1) is 18.4 Å². The zero-order valence-corrected chi connectivity index (χ0v) is 21.4. The summed E-state index contributed by atoms with van der Waals surface area (Å²) in [6.45, 7) is 5.43. The van der Waals surface area contributed by atoms with Gasteiger partial charge < -0.3 is 19.7 Å². The molecular weight excluding hydrogens is 487 g/mol. The Bertz CT molecular complexity index is 1230. The summed E-state index contributed by atoms with van der Waals surface area (Å²) in [5.74, 6) is -0.742. The van der Waals surface area contributed by atoms with Crippen LogP contribution in [0, 0.1) is 17.1 Å². The number of pyridine rings is 1. The van der Waals surface area contributed by atoms with Gasteiger partial charge in [0.15, 0.2) is 0 Å². The molecule has 2 bridgehead atoms. The van der Waals surface area contributed by atoms with Crippen LogP contribution in [0.5, 0.6) is 5.75 Å². The lowest BCUT2D eigenvalue weighted by Crippen LogP contribution is -2.53. The first kappa shape index (κ1) is 25.7. The van der Waals surface area contributed by atoms with E-state index in [2.05, 4.69) is 10.3 Å². The van der Waals surface area contributed by atoms with Crippen molar-refractivity contribution >= 4 is 23.6 Å². The largest absolute Gasteiger partial charge is 0.495 e. The van der Waals surface area contributed by atoms with Crippen LogP contribution in [0.15, 0.2) is 24.3 Å². The number of hydrogen-bond donors (Lipinski definition) is 1. The maximum atomic E-state index is 14.3. The Morgan fingerprint density at radius 1 is 1.22 bits per heavy atom. The zero-order valence-electron chi connectivity index (χ0n) is 20.6. The summed E-state index contributed by atoms with van der Waals surface area (Å²) in [6.07, 6.45) is 2.40. The molecule has 190 valence electrons. The molecule has 0 spiro atoms. The molecule has 3 heterocycles. The molecule has 2 amide bonds. The fourth-order valence-corrected chi connectivity index (χ4v) is 5.22. The van der Waals surface area contributed by atoms with E-state index < -0.39 is 17.5 Å². The standard InChI is InChI=1S/C26H28ClFN4O4/c1-26(2,3)36-25(34)30-16-10-17-7-8-18(11-16)32(17)24(33)20-12-21(35-4)22(27)23(31-20)14-5-6-15(13-29)19(28)9-14/h5-6,9,12,16-18H,7-8,10-11H2,1-4H3,(H,30,34). The number of rotatable bonds is 4. The van der Waals surface area contributed by atoms with Gasteiger partial charge in [-0.15, -0.1) is 0 Å². The average molecular weight is 515 g/mol. The van der Waals surface area contributed by atoms with E-state index in [1.54, 1.807) is 6.07 Å². The second-order valence-corrected chi connectivity index (χ2v) is 10.5. The van der Waals surface area contributed by atoms with Crippen LogP contribution in [0.2, 0.25) is 5.02 Å². The van der Waals surface area contributed by atoms with E-state index >= 15 is 0 Å². The lowest BCUT2D eigenvalue weighted by atomic mass is 9.97. The highest BCUT2D eigenvalue weighted by atomic mass is 35.5. The van der Waals surface area contributed by atoms with Gasteiger partial charge in [-0.25, -0.2) is 14.2 Å². The molecule has 1 N–H and O–H groups in total. The van der Waals surface area contributed by atoms with Crippen LogP contribution >= 0.6 is 11.6 Å². The van der Waals surface area contributed by atoms with Gasteiger partial charge in [0.1, 0.15) is 34.0 Å². The van der Waals surface area contributed by atoms with Gasteiger partial charge >= 0.3 is 6.09 Å². The minimum atomic E-state index is -0.707. The van der Waals surface area contributed by atoms with Crippen LogP contribution in [0.4, 0.5) is 9.18 Å². The highest BCUT2D eigenvalue weighted by Crippen LogP contribution is 2.39. The molecule has 10 heteroatoms. The Morgan fingerprint density at radius 3 is 2.44 bits per heavy atom. The number of nitriles is 1. The number of carbonyl (C=O) groups excluding carboxylic acids is 2. The maximum absolute atomic E-state index is 14.3. The van der Waals surface area contributed by atoms with Crippen molar-refractivity contribution in [1.82, 2.24) is 15.2 Å². The summed E-state index contributed by atoms with van der Waals surface area (Å²) in [6, 6.07) is 7.09. The molecule has 1 aromatic carbocycles. The van der Waals surface area contributed by atoms with Gasteiger partial charge in [0.2, 0.25) is 0 Å². The zero-order chi connectivity index (χ0) is 26.2. The number of aromatic nitrogens is 1. The molecule has 36 heavy (non-hydrogen) atoms. The number of halogens is 2. The minimum Gasteiger partial charge on any atom is -0.495 e. The highest BCUT2D eigenvalue weighted by molar-refractivity contribution is 6.34. The summed E-state index contributed by atoms with van der Waals surface area (Å²) in [5, 5.41) is 12.1. The third-order valence-electron chi connectivity index (χ3n) is 6.41. The van der Waals surface area contributed by atoms with Gasteiger partial charge in [-0.3, -0.25) is 4.79 Å². The van der Waals surface area contributed by atoms with Crippen LogP contribution in [-0.4, -0.2) is 52.7 Å². The molecule has 2 atom stereocenters. The van der Waals surface area contributed by atoms with Crippen molar-refractivity contribution in [3.8, 4) is 23.1 Å². The summed E-state index contributed by atoms with van der Waals surface area (Å²) in [5.41, 5.74) is -0.0431. The Labute approximate surface area is 214 Å². The number of carbonyl (C=O) groups is 2. The molecule has 1 aromatic heterocycles. The number of nitrogens with zero attached hydrogens (tertiary/aromatic N) is 3. The second kappa shape index (κ2) is 9.94. The molecule has 2 fully saturated rings. The third kappa shape index (κ3) is 5.24. The molecule has 0 radical (unpaired) electrons. The first-order valence-electron chi connectivity index (χ1n) is 11.8. The number of fused-ring (bicyclic) bond motifs is 2. The molecule has 2 aliphatic heterocycles. The normalized spacial score (nSPS) is 21.0. The summed E-state index contributed by atoms with van der Waals surface area (Å²) >= 11 is 6.46. The van der Waals surface area contributed by atoms with Gasteiger partial charge in [0.25, 0.3) is 5.91 Å². The number of benzene rings is 1. The number of piperidine rings is 1. The Hall–Kier alpha value is -3.38. The summed E-state index contributed by atoms with van der Waals surface area (Å²) in [7, 11) is 1.43. The van der Waals surface area contributed by atoms with Crippen LogP contribution in [-0.2, 0) is 4.74 Å². The van der Waals surface area contributed by atoms with E-state index in [9.17, 15) is 14.0 Å². The Kier molecular flexibility index (Phi) is 7.10. The summed E-state index contributed by atoms with van der Waals surface area (Å²) in [4.78, 5) is 32.2. The molecule has 4 rings (SSSR count). The molecule has 2 aromatic rings. The first-order chi connectivity index (χ1) is 17.0. The molecule has 0 saturated carbocycles. The van der Waals surface area contributed by atoms with E-state index in [4.69, 9.17) is 26.3 Å². The minimum absolute atomic E-state index is 0.0598. The second-order valence-electron chi connectivity index (χ2n) is 10.1. The number of amides is 2. The topological polar surface area (TPSA) is 105 Å². The molecule has 8 nitrogen and oxygen atoms in total. The summed E-state index contributed by atoms with van der Waals surface area (Å²) < 4.78 is 25.0. The van der Waals surface area contributed by atoms with Gasteiger partial charge in [0, 0.05) is 29.8 Å². The predicted molar refractivity (Wildman–Crippen MR) is 131 cm³/mol. The third-order valence-corrected chi connectivity index (χ3v) is 6.78. The van der Waals surface area contributed by atoms with E-state index in [-0.39, 0.29) is 51.8 Å². The molecule has 2 unspecified atom stereocenters. The van der Waals surface area contributed by atoms with Crippen molar-refractivity contribution in [3.05, 3.63) is 46.4 Å². The Morgan fingerprint density at radius 2 is 1.89 bits per heavy atom. The van der Waals surface area contributed by atoms with Crippen molar-refractivity contribution in [3.63, 3.8) is 0 Å². The van der Waals surface area contributed by atoms with Crippen molar-refractivity contribution in [2.75, 3.05) is 7.11 Å². The predicted octanol–water partition coefficient (Wildman–Crippen LogP) is 5.08. The number of nitrogens with one attached hydrogen (secondary N) is 1. The molecule has 2 saturated heterocycles. The fraction of sp³-hybridized carbons (Fsp3) is 0.462. The van der Waals surface area contributed by atoms with Crippen LogP contribution in [0.3, 0.4) is 0 Å². The SMILES string of the molecule is COc1cc(C(=O)N2C3CCC2CC(NC(=O)OC(C)(C)C)C3)nc(-c2ccc(C#N)c(F)c2)c1Cl. The van der Waals surface area contributed by atoms with Crippen LogP contribution in [0.25, 0.3) is 11.3 Å². The van der Waals surface area contributed by atoms with E-state index in [1.807, 2.05) is 25.7 Å². The van der Waals surface area contributed by atoms with Crippen molar-refractivity contribution < 1.29 is 23.5 Å². The lowest BCUT2D eigenvalue weighted by molar-refractivity contribution is 0.0416. The highest BCUT2D eigenvalue weighted by Gasteiger charge is 2.44. The maximum Gasteiger partial charge on any atom is 0.407 e. The van der Waals surface area contributed by atoms with Crippen molar-refractivity contribution in [2.45, 2.75) is 70.2 Å².